The minimum absolute atomic E-state index is 0.0307. The van der Waals surface area contributed by atoms with Gasteiger partial charge >= 0.3 is 0 Å². The molecule has 0 heterocycles. The Labute approximate surface area is 110 Å². The van der Waals surface area contributed by atoms with Crippen LogP contribution in [0.2, 0.25) is 0 Å². The topological polar surface area (TPSA) is 61.4 Å². The first-order valence-corrected chi connectivity index (χ1v) is 6.77. The summed E-state index contributed by atoms with van der Waals surface area (Å²) in [6.07, 6.45) is 0.973. The lowest BCUT2D eigenvalue weighted by molar-refractivity contribution is -0.135. The molecule has 0 aliphatic rings. The summed E-state index contributed by atoms with van der Waals surface area (Å²) >= 11 is 0. The van der Waals surface area contributed by atoms with Crippen LogP contribution in [0.25, 0.3) is 0 Å². The van der Waals surface area contributed by atoms with Gasteiger partial charge in [-0.15, -0.1) is 0 Å². The molecule has 18 heavy (non-hydrogen) atoms. The van der Waals surface area contributed by atoms with Crippen molar-refractivity contribution in [3.05, 3.63) is 0 Å². The van der Waals surface area contributed by atoms with Crippen LogP contribution in [0.4, 0.5) is 0 Å². The van der Waals surface area contributed by atoms with Crippen LogP contribution in [0, 0.1) is 0 Å². The fraction of sp³-hybridized carbons (Fsp3) is 0.846. The van der Waals surface area contributed by atoms with E-state index < -0.39 is 6.04 Å². The summed E-state index contributed by atoms with van der Waals surface area (Å²) in [5.74, 6) is -0.166. The third-order valence-corrected chi connectivity index (χ3v) is 3.05. The number of nitrogens with zero attached hydrogens (tertiary/aromatic N) is 1. The van der Waals surface area contributed by atoms with E-state index in [2.05, 4.69) is 17.6 Å². The number of hydrogen-bond donors (Lipinski definition) is 2. The van der Waals surface area contributed by atoms with E-state index in [0.717, 1.165) is 6.42 Å². The summed E-state index contributed by atoms with van der Waals surface area (Å²) in [5.41, 5.74) is 0. The molecule has 2 atom stereocenters. The van der Waals surface area contributed by atoms with Gasteiger partial charge in [0.2, 0.25) is 11.8 Å². The van der Waals surface area contributed by atoms with Crippen LogP contribution in [0.1, 0.15) is 41.0 Å². The zero-order valence-corrected chi connectivity index (χ0v) is 12.2. The highest BCUT2D eigenvalue weighted by atomic mass is 16.2. The lowest BCUT2D eigenvalue weighted by Crippen LogP contribution is -2.49. The van der Waals surface area contributed by atoms with Gasteiger partial charge < -0.3 is 15.5 Å². The summed E-state index contributed by atoms with van der Waals surface area (Å²) in [7, 11) is 0. The van der Waals surface area contributed by atoms with Gasteiger partial charge in [0.25, 0.3) is 0 Å². The average Bonchev–Trinajstić information content (AvgIpc) is 2.36. The first-order valence-electron chi connectivity index (χ1n) is 6.77. The first kappa shape index (κ1) is 16.9. The van der Waals surface area contributed by atoms with Crippen LogP contribution in [0.3, 0.4) is 0 Å². The molecule has 0 aromatic carbocycles. The molecule has 0 rings (SSSR count). The molecule has 0 aliphatic heterocycles. The van der Waals surface area contributed by atoms with E-state index >= 15 is 0 Å². The van der Waals surface area contributed by atoms with Crippen LogP contribution < -0.4 is 10.6 Å². The van der Waals surface area contributed by atoms with Crippen molar-refractivity contribution in [2.75, 3.05) is 19.6 Å². The number of nitrogens with one attached hydrogen (secondary N) is 2. The van der Waals surface area contributed by atoms with Crippen molar-refractivity contribution in [1.82, 2.24) is 15.5 Å². The Balaban J connectivity index is 4.10. The maximum Gasteiger partial charge on any atom is 0.244 e. The second kappa shape index (κ2) is 8.91. The molecule has 2 unspecified atom stereocenters. The van der Waals surface area contributed by atoms with E-state index in [1.807, 2.05) is 20.8 Å². The molecule has 2 amide bonds. The fourth-order valence-electron chi connectivity index (χ4n) is 1.57. The third-order valence-electron chi connectivity index (χ3n) is 3.05. The number of carbonyl (C=O) groups excluding carboxylic acids is 2. The van der Waals surface area contributed by atoms with Gasteiger partial charge in [0.1, 0.15) is 6.04 Å². The monoisotopic (exact) mass is 257 g/mol. The van der Waals surface area contributed by atoms with Crippen LogP contribution in [-0.4, -0.2) is 48.4 Å². The smallest absolute Gasteiger partial charge is 0.244 e. The highest BCUT2D eigenvalue weighted by molar-refractivity contribution is 5.88. The van der Waals surface area contributed by atoms with Crippen molar-refractivity contribution in [2.24, 2.45) is 0 Å². The quantitative estimate of drug-likeness (QED) is 0.674. The summed E-state index contributed by atoms with van der Waals surface area (Å²) in [4.78, 5) is 25.3. The second-order valence-corrected chi connectivity index (χ2v) is 4.49. The van der Waals surface area contributed by atoms with E-state index in [9.17, 15) is 9.59 Å². The standard InChI is InChI=1S/C13H27N3O2/c1-6-10(4)14-9-12(17)15-11(5)13(18)16(7-2)8-3/h10-11,14H,6-9H2,1-5H3,(H,15,17). The average molecular weight is 257 g/mol. The Kier molecular flexibility index (Phi) is 8.37. The van der Waals surface area contributed by atoms with Crippen molar-refractivity contribution in [3.8, 4) is 0 Å². The summed E-state index contributed by atoms with van der Waals surface area (Å²) in [5, 5.41) is 5.81. The maximum absolute atomic E-state index is 11.9. The molecule has 106 valence electrons. The second-order valence-electron chi connectivity index (χ2n) is 4.49. The third kappa shape index (κ3) is 6.00. The molecule has 0 saturated carbocycles. The van der Waals surface area contributed by atoms with E-state index in [-0.39, 0.29) is 18.4 Å². The lowest BCUT2D eigenvalue weighted by Gasteiger charge is -2.23. The molecule has 0 aliphatic carbocycles. The highest BCUT2D eigenvalue weighted by Gasteiger charge is 2.19. The zero-order valence-electron chi connectivity index (χ0n) is 12.2. The molecular formula is C13H27N3O2. The molecule has 0 fully saturated rings. The van der Waals surface area contributed by atoms with E-state index in [4.69, 9.17) is 0 Å². The van der Waals surface area contributed by atoms with Crippen LogP contribution in [-0.2, 0) is 9.59 Å². The van der Waals surface area contributed by atoms with Crippen molar-refractivity contribution in [1.29, 1.82) is 0 Å². The number of carbonyl (C=O) groups is 2. The number of hydrogen-bond acceptors (Lipinski definition) is 3. The van der Waals surface area contributed by atoms with Gasteiger partial charge in [-0.05, 0) is 34.1 Å². The fourth-order valence-corrected chi connectivity index (χ4v) is 1.57. The predicted molar refractivity (Wildman–Crippen MR) is 73.3 cm³/mol. The van der Waals surface area contributed by atoms with E-state index in [0.29, 0.717) is 19.1 Å². The van der Waals surface area contributed by atoms with Gasteiger partial charge in [0, 0.05) is 19.1 Å². The summed E-state index contributed by atoms with van der Waals surface area (Å²) in [6, 6.07) is -0.152. The van der Waals surface area contributed by atoms with Gasteiger partial charge in [0.15, 0.2) is 0 Å². The normalized spacial score (nSPS) is 13.8. The predicted octanol–water partition coefficient (Wildman–Crippen LogP) is 0.748. The van der Waals surface area contributed by atoms with Crippen molar-refractivity contribution >= 4 is 11.8 Å². The minimum Gasteiger partial charge on any atom is -0.343 e. The van der Waals surface area contributed by atoms with E-state index in [1.54, 1.807) is 11.8 Å². The molecule has 5 heteroatoms. The largest absolute Gasteiger partial charge is 0.343 e. The zero-order chi connectivity index (χ0) is 14.1. The minimum atomic E-state index is -0.462. The Morgan fingerprint density at radius 1 is 1.11 bits per heavy atom. The van der Waals surface area contributed by atoms with Gasteiger partial charge in [-0.2, -0.15) is 0 Å². The van der Waals surface area contributed by atoms with E-state index in [1.165, 1.54) is 0 Å². The molecule has 2 N–H and O–H groups in total. The number of rotatable bonds is 8. The Morgan fingerprint density at radius 3 is 2.11 bits per heavy atom. The molecule has 0 saturated heterocycles. The molecule has 0 aromatic rings. The molecule has 0 aromatic heterocycles. The van der Waals surface area contributed by atoms with Crippen molar-refractivity contribution in [3.63, 3.8) is 0 Å². The first-order chi connectivity index (χ1) is 8.46. The van der Waals surface area contributed by atoms with Gasteiger partial charge in [-0.3, -0.25) is 9.59 Å². The van der Waals surface area contributed by atoms with Gasteiger partial charge in [-0.1, -0.05) is 6.92 Å². The molecule has 0 spiro atoms. The van der Waals surface area contributed by atoms with Crippen LogP contribution in [0.5, 0.6) is 0 Å². The van der Waals surface area contributed by atoms with Crippen molar-refractivity contribution in [2.45, 2.75) is 53.1 Å². The Hall–Kier alpha value is -1.10. The summed E-state index contributed by atoms with van der Waals surface area (Å²) < 4.78 is 0. The van der Waals surface area contributed by atoms with Crippen LogP contribution >= 0.6 is 0 Å². The molecular weight excluding hydrogens is 230 g/mol. The lowest BCUT2D eigenvalue weighted by atomic mass is 10.2. The maximum atomic E-state index is 11.9. The molecule has 5 nitrogen and oxygen atoms in total. The van der Waals surface area contributed by atoms with Gasteiger partial charge in [-0.25, -0.2) is 0 Å². The molecule has 0 bridgehead atoms. The number of amides is 2. The number of likely N-dealkylation sites (N-methyl/N-ethyl adjacent to an activating group) is 1. The summed E-state index contributed by atoms with van der Waals surface area (Å²) in [6.45, 7) is 11.3. The Bertz CT molecular complexity index is 265. The van der Waals surface area contributed by atoms with Gasteiger partial charge in [0.05, 0.1) is 6.54 Å². The van der Waals surface area contributed by atoms with Crippen LogP contribution in [0.15, 0.2) is 0 Å². The Morgan fingerprint density at radius 2 is 1.67 bits per heavy atom. The molecule has 0 radical (unpaired) electrons. The highest BCUT2D eigenvalue weighted by Crippen LogP contribution is 1.94. The van der Waals surface area contributed by atoms with Crippen molar-refractivity contribution < 1.29 is 9.59 Å². The SMILES string of the molecule is CCC(C)NCC(=O)NC(C)C(=O)N(CC)CC.